The molecule has 0 aliphatic rings. The van der Waals surface area contributed by atoms with Gasteiger partial charge in [0.25, 0.3) is 5.91 Å². The molecule has 1 rings (SSSR count). The summed E-state index contributed by atoms with van der Waals surface area (Å²) in [5.41, 5.74) is 6.46. The average molecular weight is 269 g/mol. The van der Waals surface area contributed by atoms with Gasteiger partial charge in [0.2, 0.25) is 0 Å². The summed E-state index contributed by atoms with van der Waals surface area (Å²) >= 11 is 5.93. The molecule has 0 radical (unpaired) electrons. The fourth-order valence-electron chi connectivity index (χ4n) is 2.06. The molecule has 0 saturated heterocycles. The van der Waals surface area contributed by atoms with E-state index in [1.165, 1.54) is 0 Å². The number of halogens is 1. The van der Waals surface area contributed by atoms with E-state index < -0.39 is 0 Å². The van der Waals surface area contributed by atoms with Crippen LogP contribution < -0.4 is 11.1 Å². The minimum absolute atomic E-state index is 0.152. The van der Waals surface area contributed by atoms with E-state index in [0.717, 1.165) is 19.3 Å². The van der Waals surface area contributed by atoms with E-state index in [2.05, 4.69) is 26.1 Å². The van der Waals surface area contributed by atoms with Gasteiger partial charge in [0.05, 0.1) is 16.3 Å². The van der Waals surface area contributed by atoms with Crippen LogP contribution in [0.2, 0.25) is 5.02 Å². The van der Waals surface area contributed by atoms with Crippen molar-refractivity contribution in [1.82, 2.24) is 5.32 Å². The number of anilines is 1. The summed E-state index contributed by atoms with van der Waals surface area (Å²) in [6.07, 6.45) is 2.69. The third-order valence-corrected chi connectivity index (χ3v) is 4.04. The van der Waals surface area contributed by atoms with Gasteiger partial charge in [0, 0.05) is 5.54 Å². The minimum Gasteiger partial charge on any atom is -0.397 e. The highest BCUT2D eigenvalue weighted by atomic mass is 35.5. The van der Waals surface area contributed by atoms with Gasteiger partial charge in [-0.25, -0.2) is 0 Å². The number of hydrogen-bond acceptors (Lipinski definition) is 2. The molecule has 0 spiro atoms. The Morgan fingerprint density at radius 2 is 1.83 bits per heavy atom. The van der Waals surface area contributed by atoms with Crippen LogP contribution in [0.3, 0.4) is 0 Å². The number of carbonyl (C=O) groups excluding carboxylic acids is 1. The molecule has 0 saturated carbocycles. The fraction of sp³-hybridized carbons (Fsp3) is 0.500. The topological polar surface area (TPSA) is 55.1 Å². The lowest BCUT2D eigenvalue weighted by Gasteiger charge is -2.32. The summed E-state index contributed by atoms with van der Waals surface area (Å²) in [5, 5.41) is 3.50. The normalized spacial score (nSPS) is 11.3. The molecule has 1 aromatic rings. The predicted octanol–water partition coefficient (Wildman–Crippen LogP) is 3.62. The summed E-state index contributed by atoms with van der Waals surface area (Å²) in [6.45, 7) is 6.23. The van der Waals surface area contributed by atoms with Crippen molar-refractivity contribution < 1.29 is 4.79 Å². The summed E-state index contributed by atoms with van der Waals surface area (Å²) < 4.78 is 0. The third kappa shape index (κ3) is 2.96. The standard InChI is InChI=1S/C14H21ClN2O/c1-4-14(5-2,6-3)17-13(18)10-8-7-9-11(15)12(10)16/h7-9H,4-6,16H2,1-3H3,(H,17,18). The Balaban J connectivity index is 2.98. The van der Waals surface area contributed by atoms with Crippen LogP contribution in [0.5, 0.6) is 0 Å². The van der Waals surface area contributed by atoms with Gasteiger partial charge in [-0.05, 0) is 31.4 Å². The monoisotopic (exact) mass is 268 g/mol. The number of carbonyl (C=O) groups is 1. The van der Waals surface area contributed by atoms with Crippen LogP contribution in [0.4, 0.5) is 5.69 Å². The Morgan fingerprint density at radius 3 is 2.33 bits per heavy atom. The van der Waals surface area contributed by atoms with Gasteiger partial charge >= 0.3 is 0 Å². The highest BCUT2D eigenvalue weighted by molar-refractivity contribution is 6.33. The van der Waals surface area contributed by atoms with Crippen LogP contribution >= 0.6 is 11.6 Å². The van der Waals surface area contributed by atoms with Gasteiger partial charge in [-0.15, -0.1) is 0 Å². The summed E-state index contributed by atoms with van der Waals surface area (Å²) in [5.74, 6) is -0.152. The molecular weight excluding hydrogens is 248 g/mol. The van der Waals surface area contributed by atoms with E-state index in [1.807, 2.05) is 0 Å². The number of amides is 1. The first kappa shape index (κ1) is 14.8. The Morgan fingerprint density at radius 1 is 1.28 bits per heavy atom. The minimum atomic E-state index is -0.161. The fourth-order valence-corrected chi connectivity index (χ4v) is 2.23. The molecule has 0 unspecified atom stereocenters. The number of nitrogens with one attached hydrogen (secondary N) is 1. The second-order valence-electron chi connectivity index (χ2n) is 4.50. The van der Waals surface area contributed by atoms with Gasteiger partial charge < -0.3 is 11.1 Å². The first-order valence-electron chi connectivity index (χ1n) is 6.36. The van der Waals surface area contributed by atoms with Crippen molar-refractivity contribution in [2.45, 2.75) is 45.6 Å². The zero-order valence-corrected chi connectivity index (χ0v) is 12.0. The lowest BCUT2D eigenvalue weighted by atomic mass is 9.89. The summed E-state index contributed by atoms with van der Waals surface area (Å²) in [6, 6.07) is 5.11. The molecular formula is C14H21ClN2O. The lowest BCUT2D eigenvalue weighted by Crippen LogP contribution is -2.47. The molecule has 100 valence electrons. The van der Waals surface area contributed by atoms with Crippen molar-refractivity contribution >= 4 is 23.2 Å². The molecule has 0 atom stereocenters. The zero-order chi connectivity index (χ0) is 13.8. The number of para-hydroxylation sites is 1. The smallest absolute Gasteiger partial charge is 0.253 e. The molecule has 0 aliphatic heterocycles. The predicted molar refractivity (Wildman–Crippen MR) is 76.9 cm³/mol. The number of hydrogen-bond donors (Lipinski definition) is 2. The maximum Gasteiger partial charge on any atom is 0.253 e. The van der Waals surface area contributed by atoms with Gasteiger partial charge in [0.15, 0.2) is 0 Å². The number of benzene rings is 1. The molecule has 0 fully saturated rings. The van der Waals surface area contributed by atoms with Crippen molar-refractivity contribution in [1.29, 1.82) is 0 Å². The number of nitrogens with two attached hydrogens (primary N) is 1. The Labute approximate surface area is 114 Å². The van der Waals surface area contributed by atoms with E-state index >= 15 is 0 Å². The van der Waals surface area contributed by atoms with Crippen molar-refractivity contribution in [2.75, 3.05) is 5.73 Å². The van der Waals surface area contributed by atoms with Gasteiger partial charge in [0.1, 0.15) is 0 Å². The second-order valence-corrected chi connectivity index (χ2v) is 4.90. The van der Waals surface area contributed by atoms with Gasteiger partial charge in [-0.2, -0.15) is 0 Å². The second kappa shape index (κ2) is 6.10. The molecule has 3 N–H and O–H groups in total. The molecule has 3 nitrogen and oxygen atoms in total. The summed E-state index contributed by atoms with van der Waals surface area (Å²) in [4.78, 5) is 12.3. The molecule has 1 aromatic carbocycles. The Hall–Kier alpha value is -1.22. The molecule has 18 heavy (non-hydrogen) atoms. The zero-order valence-electron chi connectivity index (χ0n) is 11.2. The van der Waals surface area contributed by atoms with E-state index in [-0.39, 0.29) is 11.4 Å². The van der Waals surface area contributed by atoms with Crippen LogP contribution in [0.15, 0.2) is 18.2 Å². The maximum atomic E-state index is 12.3. The average Bonchev–Trinajstić information content (AvgIpc) is 2.39. The highest BCUT2D eigenvalue weighted by Crippen LogP contribution is 2.25. The third-order valence-electron chi connectivity index (χ3n) is 3.71. The Kier molecular flexibility index (Phi) is 5.03. The number of rotatable bonds is 5. The van der Waals surface area contributed by atoms with E-state index in [1.54, 1.807) is 18.2 Å². The summed E-state index contributed by atoms with van der Waals surface area (Å²) in [7, 11) is 0. The van der Waals surface area contributed by atoms with Crippen LogP contribution in [0.25, 0.3) is 0 Å². The maximum absolute atomic E-state index is 12.3. The van der Waals surface area contributed by atoms with Crippen LogP contribution in [0.1, 0.15) is 50.4 Å². The lowest BCUT2D eigenvalue weighted by molar-refractivity contribution is 0.0889. The van der Waals surface area contributed by atoms with Gasteiger partial charge in [-0.1, -0.05) is 38.4 Å². The molecule has 0 heterocycles. The van der Waals surface area contributed by atoms with Crippen LogP contribution in [0, 0.1) is 0 Å². The van der Waals surface area contributed by atoms with E-state index in [9.17, 15) is 4.79 Å². The van der Waals surface area contributed by atoms with E-state index in [0.29, 0.717) is 16.3 Å². The van der Waals surface area contributed by atoms with Crippen molar-refractivity contribution in [3.05, 3.63) is 28.8 Å². The van der Waals surface area contributed by atoms with Crippen molar-refractivity contribution in [2.24, 2.45) is 0 Å². The van der Waals surface area contributed by atoms with Crippen LogP contribution in [-0.2, 0) is 0 Å². The first-order valence-corrected chi connectivity index (χ1v) is 6.74. The van der Waals surface area contributed by atoms with Gasteiger partial charge in [-0.3, -0.25) is 4.79 Å². The SMILES string of the molecule is CCC(CC)(CC)NC(=O)c1cccc(Cl)c1N. The molecule has 0 bridgehead atoms. The highest BCUT2D eigenvalue weighted by Gasteiger charge is 2.27. The van der Waals surface area contributed by atoms with Crippen molar-refractivity contribution in [3.8, 4) is 0 Å². The van der Waals surface area contributed by atoms with E-state index in [4.69, 9.17) is 17.3 Å². The molecule has 0 aliphatic carbocycles. The van der Waals surface area contributed by atoms with Crippen molar-refractivity contribution in [3.63, 3.8) is 0 Å². The quantitative estimate of drug-likeness (QED) is 0.802. The molecule has 0 aromatic heterocycles. The molecule has 4 heteroatoms. The molecule has 1 amide bonds. The number of nitrogen functional groups attached to an aromatic ring is 1. The Bertz CT molecular complexity index is 420. The van der Waals surface area contributed by atoms with Crippen LogP contribution in [-0.4, -0.2) is 11.4 Å². The first-order chi connectivity index (χ1) is 8.49. The largest absolute Gasteiger partial charge is 0.397 e.